The third kappa shape index (κ3) is 171. The molecule has 0 aliphatic rings. The Kier molecular flexibility index (Phi) is 697. The van der Waals surface area contributed by atoms with E-state index in [1.54, 1.807) is 0 Å². The molecule has 0 spiro atoms. The minimum absolute atomic E-state index is 0. The van der Waals surface area contributed by atoms with Crippen LogP contribution in [0.15, 0.2) is 0 Å². The van der Waals surface area contributed by atoms with Gasteiger partial charge in [-0.25, -0.2) is 20.4 Å². The van der Waals surface area contributed by atoms with Gasteiger partial charge in [0.15, 0.2) is 0 Å². The lowest BCUT2D eigenvalue weighted by molar-refractivity contribution is 0.562. The molecule has 0 aromatic carbocycles. The lowest BCUT2D eigenvalue weighted by Gasteiger charge is -1.02. The van der Waals surface area contributed by atoms with Crippen LogP contribution in [0.25, 0.3) is 0 Å². The van der Waals surface area contributed by atoms with Gasteiger partial charge in [-0.2, -0.15) is 0 Å². The minimum atomic E-state index is 0. The number of carbonyl (C=O) groups excluding carboxylic acids is 2. The van der Waals surface area contributed by atoms with Crippen molar-refractivity contribution in [2.45, 2.75) is 7.43 Å². The lowest BCUT2D eigenvalue weighted by Crippen LogP contribution is -1.16. The van der Waals surface area contributed by atoms with Gasteiger partial charge in [0.1, 0.15) is 0 Å². The van der Waals surface area contributed by atoms with E-state index in [0.717, 1.165) is 12.2 Å². The molecule has 0 rings (SSSR count). The molecule has 0 heterocycles. The molecule has 0 bridgehead atoms. The standard InChI is InChI=1S/2CHNO.CH4.H3OP/c2*2-1-3;;1-2/h2*2H;1H4;2H3. The van der Waals surface area contributed by atoms with Crippen molar-refractivity contribution in [3.05, 3.63) is 0 Å². The van der Waals surface area contributed by atoms with Crippen LogP contribution in [0.3, 0.4) is 0 Å². The summed E-state index contributed by atoms with van der Waals surface area (Å²) in [4.78, 5) is 16.7. The van der Waals surface area contributed by atoms with E-state index < -0.39 is 0 Å². The van der Waals surface area contributed by atoms with Gasteiger partial charge in [-0.1, -0.05) is 7.43 Å². The highest BCUT2D eigenvalue weighted by atomic mass is 31.0. The van der Waals surface area contributed by atoms with Crippen molar-refractivity contribution in [1.82, 2.24) is 0 Å². The summed E-state index contributed by atoms with van der Waals surface area (Å²) in [5.41, 5.74) is 0. The van der Waals surface area contributed by atoms with Crippen LogP contribution in [0.4, 0.5) is 0 Å². The SMILES string of the molecule is C.N=C=O.N=C=O.O=[PH3]. The van der Waals surface area contributed by atoms with Crippen LogP contribution < -0.4 is 0 Å². The maximum absolute atomic E-state index is 8.35. The average molecular weight is 152 g/mol. The first-order valence-corrected chi connectivity index (χ1v) is 1.77. The molecule has 0 aromatic rings. The van der Waals surface area contributed by atoms with E-state index in [0.29, 0.717) is 9.12 Å². The molecule has 0 aromatic heterocycles. The molecule has 0 saturated carbocycles. The smallest absolute Gasteiger partial charge is 0.231 e. The van der Waals surface area contributed by atoms with Crippen LogP contribution in [0.5, 0.6) is 0 Å². The largest absolute Gasteiger partial charge is 0.333 e. The van der Waals surface area contributed by atoms with Gasteiger partial charge in [-0.15, -0.1) is 0 Å². The molecule has 9 heavy (non-hydrogen) atoms. The zero-order valence-corrected chi connectivity index (χ0v) is 5.35. The first-order valence-electron chi connectivity index (χ1n) is 1.20. The van der Waals surface area contributed by atoms with Gasteiger partial charge in [0, 0.05) is 0 Å². The number of hydrogen-bond donors (Lipinski definition) is 2. The first-order chi connectivity index (χ1) is 3.83. The molecule has 2 N–H and O–H groups in total. The predicted molar refractivity (Wildman–Crippen MR) is 35.3 cm³/mol. The van der Waals surface area contributed by atoms with Gasteiger partial charge in [0.05, 0.1) is 9.12 Å². The maximum atomic E-state index is 8.35. The molecule has 1 unspecified atom stereocenters. The van der Waals surface area contributed by atoms with Gasteiger partial charge in [0.2, 0.25) is 12.2 Å². The van der Waals surface area contributed by atoms with Crippen molar-refractivity contribution >= 4 is 21.3 Å². The molecule has 0 radical (unpaired) electrons. The maximum Gasteiger partial charge on any atom is 0.231 e. The molecule has 0 saturated heterocycles. The Bertz CT molecular complexity index is 81.2. The van der Waals surface area contributed by atoms with Gasteiger partial charge in [0.25, 0.3) is 0 Å². The zero-order chi connectivity index (χ0) is 7.41. The van der Waals surface area contributed by atoms with Crippen molar-refractivity contribution in [3.8, 4) is 0 Å². The average Bonchev–Trinajstić information content (AvgIpc) is 1.75. The van der Waals surface area contributed by atoms with E-state index in [2.05, 4.69) is 0 Å². The number of hydrogen-bond acceptors (Lipinski definition) is 5. The fourth-order valence-corrected chi connectivity index (χ4v) is 0. The van der Waals surface area contributed by atoms with Crippen LogP contribution in [-0.2, 0) is 14.2 Å². The molecular weight excluding hydrogens is 143 g/mol. The van der Waals surface area contributed by atoms with Gasteiger partial charge in [-0.05, 0) is 0 Å². The van der Waals surface area contributed by atoms with Gasteiger partial charge in [-0.3, -0.25) is 0 Å². The van der Waals surface area contributed by atoms with E-state index in [1.165, 1.54) is 0 Å². The molecule has 5 nitrogen and oxygen atoms in total. The molecule has 0 fully saturated rings. The highest BCUT2D eigenvalue weighted by molar-refractivity contribution is 7.00. The Hall–Kier alpha value is -1.01. The second-order valence-electron chi connectivity index (χ2n) is 0.204. The van der Waals surface area contributed by atoms with Gasteiger partial charge >= 0.3 is 0 Å². The summed E-state index contributed by atoms with van der Waals surface area (Å²) >= 11 is 0. The summed E-state index contributed by atoms with van der Waals surface area (Å²) < 4.78 is 8.28. The quantitative estimate of drug-likeness (QED) is 0.298. The summed E-state index contributed by atoms with van der Waals surface area (Å²) in [5.74, 6) is 0. The fourth-order valence-electron chi connectivity index (χ4n) is 0. The normalized spacial score (nSPS) is 2.67. The van der Waals surface area contributed by atoms with E-state index >= 15 is 0 Å². The number of nitrogens with one attached hydrogen (secondary N) is 2. The van der Waals surface area contributed by atoms with Crippen molar-refractivity contribution in [2.24, 2.45) is 0 Å². The van der Waals surface area contributed by atoms with Crippen molar-refractivity contribution in [1.29, 1.82) is 10.8 Å². The second kappa shape index (κ2) is 256. The topological polar surface area (TPSA) is 98.9 Å². The number of isocyanates is 2. The van der Waals surface area contributed by atoms with Crippen LogP contribution in [-0.4, -0.2) is 12.2 Å². The first kappa shape index (κ1) is 24.5. The van der Waals surface area contributed by atoms with E-state index in [1.807, 2.05) is 0 Å². The Balaban J connectivity index is -0.0000000202. The van der Waals surface area contributed by atoms with Crippen LogP contribution in [0, 0.1) is 10.8 Å². The summed E-state index contributed by atoms with van der Waals surface area (Å²) in [6.07, 6.45) is 1.50. The van der Waals surface area contributed by atoms with Gasteiger partial charge < -0.3 is 4.57 Å². The molecule has 54 valence electrons. The molecule has 1 atom stereocenters. The number of rotatable bonds is 0. The molecular formula is C3H9N2O3P. The minimum Gasteiger partial charge on any atom is -0.333 e. The van der Waals surface area contributed by atoms with E-state index in [4.69, 9.17) is 25.0 Å². The fraction of sp³-hybridized carbons (Fsp3) is 0.333. The molecule has 6 heteroatoms. The third-order valence-corrected chi connectivity index (χ3v) is 0. The Morgan fingerprint density at radius 1 is 1.00 bits per heavy atom. The monoisotopic (exact) mass is 152 g/mol. The zero-order valence-electron chi connectivity index (χ0n) is 3.93. The Morgan fingerprint density at radius 2 is 1.00 bits per heavy atom. The Labute approximate surface area is 54.7 Å². The summed E-state index contributed by atoms with van der Waals surface area (Å²) in [5, 5.41) is 10.8. The van der Waals surface area contributed by atoms with E-state index in [9.17, 15) is 0 Å². The second-order valence-corrected chi connectivity index (χ2v) is 0.204. The highest BCUT2D eigenvalue weighted by Gasteiger charge is 1.04. The molecule has 0 amide bonds. The van der Waals surface area contributed by atoms with Crippen LogP contribution in [0.2, 0.25) is 0 Å². The van der Waals surface area contributed by atoms with E-state index in [-0.39, 0.29) is 7.43 Å². The highest BCUT2D eigenvalue weighted by Crippen LogP contribution is 1.23. The Morgan fingerprint density at radius 3 is 1.00 bits per heavy atom. The molecule has 0 aliphatic carbocycles. The summed E-state index contributed by atoms with van der Waals surface area (Å²) in [6.45, 7) is 0. The van der Waals surface area contributed by atoms with Crippen molar-refractivity contribution in [3.63, 3.8) is 0 Å². The summed E-state index contributed by atoms with van der Waals surface area (Å²) in [7, 11) is 0.611. The summed E-state index contributed by atoms with van der Waals surface area (Å²) in [6, 6.07) is 0. The molecule has 0 aliphatic heterocycles. The lowest BCUT2D eigenvalue weighted by atomic mass is 11.7. The van der Waals surface area contributed by atoms with Crippen LogP contribution in [0.1, 0.15) is 7.43 Å². The third-order valence-electron chi connectivity index (χ3n) is 0. The predicted octanol–water partition coefficient (Wildman–Crippen LogP) is 0.377. The van der Waals surface area contributed by atoms with Crippen molar-refractivity contribution < 1.29 is 14.2 Å². The van der Waals surface area contributed by atoms with Crippen molar-refractivity contribution in [2.75, 3.05) is 0 Å². The van der Waals surface area contributed by atoms with Crippen LogP contribution >= 0.6 is 9.12 Å².